The van der Waals surface area contributed by atoms with Gasteiger partial charge in [0.2, 0.25) is 0 Å². The summed E-state index contributed by atoms with van der Waals surface area (Å²) in [7, 11) is 0. The second-order valence-electron chi connectivity index (χ2n) is 3.82. The van der Waals surface area contributed by atoms with Crippen LogP contribution in [0.15, 0.2) is 24.3 Å². The maximum atomic E-state index is 11.9. The summed E-state index contributed by atoms with van der Waals surface area (Å²) in [6.07, 6.45) is 2.75. The Bertz CT molecular complexity index is 329. The normalized spacial score (nSPS) is 10.7. The van der Waals surface area contributed by atoms with E-state index >= 15 is 0 Å². The second-order valence-corrected chi connectivity index (χ2v) is 4.26. The minimum atomic E-state index is 0.200. The first kappa shape index (κ1) is 12.3. The van der Waals surface area contributed by atoms with Crippen LogP contribution < -0.4 is 0 Å². The van der Waals surface area contributed by atoms with Crippen molar-refractivity contribution >= 4 is 17.4 Å². The van der Waals surface area contributed by atoms with Crippen molar-refractivity contribution in [2.75, 3.05) is 0 Å². The average Bonchev–Trinajstić information content (AvgIpc) is 2.25. The number of ketones is 1. The first-order valence-electron chi connectivity index (χ1n) is 5.46. The predicted molar refractivity (Wildman–Crippen MR) is 64.5 cm³/mol. The fraction of sp³-hybridized carbons (Fsp3) is 0.462. The SMILES string of the molecule is CCC(CC)CC(=O)c1cccc(Cl)c1. The summed E-state index contributed by atoms with van der Waals surface area (Å²) < 4.78 is 0. The lowest BCUT2D eigenvalue weighted by molar-refractivity contribution is 0.0958. The number of carbonyl (C=O) groups is 1. The topological polar surface area (TPSA) is 17.1 Å². The number of rotatable bonds is 5. The monoisotopic (exact) mass is 224 g/mol. The fourth-order valence-corrected chi connectivity index (χ4v) is 1.81. The molecule has 15 heavy (non-hydrogen) atoms. The third kappa shape index (κ3) is 3.67. The largest absolute Gasteiger partial charge is 0.294 e. The second kappa shape index (κ2) is 5.92. The maximum Gasteiger partial charge on any atom is 0.163 e. The van der Waals surface area contributed by atoms with Gasteiger partial charge < -0.3 is 0 Å². The zero-order chi connectivity index (χ0) is 11.3. The van der Waals surface area contributed by atoms with Gasteiger partial charge in [0.25, 0.3) is 0 Å². The number of halogens is 1. The van der Waals surface area contributed by atoms with Crippen molar-refractivity contribution in [1.29, 1.82) is 0 Å². The van der Waals surface area contributed by atoms with Crippen LogP contribution in [0.25, 0.3) is 0 Å². The van der Waals surface area contributed by atoms with Gasteiger partial charge in [0, 0.05) is 17.0 Å². The third-order valence-corrected chi connectivity index (χ3v) is 3.01. The molecule has 0 N–H and O–H groups in total. The van der Waals surface area contributed by atoms with E-state index < -0.39 is 0 Å². The Morgan fingerprint density at radius 2 is 2.00 bits per heavy atom. The summed E-state index contributed by atoms with van der Waals surface area (Å²) in [5.41, 5.74) is 0.731. The van der Waals surface area contributed by atoms with Gasteiger partial charge in [-0.3, -0.25) is 4.79 Å². The van der Waals surface area contributed by atoms with Gasteiger partial charge in [0.05, 0.1) is 0 Å². The molecule has 0 saturated heterocycles. The van der Waals surface area contributed by atoms with E-state index in [1.54, 1.807) is 12.1 Å². The first-order valence-corrected chi connectivity index (χ1v) is 5.83. The van der Waals surface area contributed by atoms with Gasteiger partial charge in [-0.2, -0.15) is 0 Å². The number of carbonyl (C=O) groups excluding carboxylic acids is 1. The lowest BCUT2D eigenvalue weighted by atomic mass is 9.94. The van der Waals surface area contributed by atoms with Gasteiger partial charge in [-0.05, 0) is 18.1 Å². The van der Waals surface area contributed by atoms with E-state index in [-0.39, 0.29) is 5.78 Å². The highest BCUT2D eigenvalue weighted by atomic mass is 35.5. The van der Waals surface area contributed by atoms with E-state index in [0.29, 0.717) is 17.4 Å². The minimum absolute atomic E-state index is 0.200. The number of Topliss-reactive ketones (excluding diaryl/α,β-unsaturated/α-hetero) is 1. The molecule has 0 amide bonds. The summed E-state index contributed by atoms with van der Waals surface area (Å²) in [5.74, 6) is 0.697. The molecule has 1 aromatic rings. The molecule has 0 aromatic heterocycles. The zero-order valence-electron chi connectivity index (χ0n) is 9.29. The van der Waals surface area contributed by atoms with E-state index in [4.69, 9.17) is 11.6 Å². The lowest BCUT2D eigenvalue weighted by Gasteiger charge is -2.10. The molecule has 1 aromatic carbocycles. The van der Waals surface area contributed by atoms with Gasteiger partial charge in [0.15, 0.2) is 5.78 Å². The Kier molecular flexibility index (Phi) is 4.83. The highest BCUT2D eigenvalue weighted by molar-refractivity contribution is 6.31. The predicted octanol–water partition coefficient (Wildman–Crippen LogP) is 4.35. The zero-order valence-corrected chi connectivity index (χ0v) is 10.1. The lowest BCUT2D eigenvalue weighted by Crippen LogP contribution is -2.07. The maximum absolute atomic E-state index is 11.9. The van der Waals surface area contributed by atoms with Crippen LogP contribution in [0.1, 0.15) is 43.5 Å². The molecular formula is C13H17ClO. The van der Waals surface area contributed by atoms with Crippen molar-refractivity contribution in [3.63, 3.8) is 0 Å². The standard InChI is InChI=1S/C13H17ClO/c1-3-10(4-2)8-13(15)11-6-5-7-12(14)9-11/h5-7,9-10H,3-4,8H2,1-2H3. The van der Waals surface area contributed by atoms with Gasteiger partial charge in [-0.25, -0.2) is 0 Å². The quantitative estimate of drug-likeness (QED) is 0.680. The fourth-order valence-electron chi connectivity index (χ4n) is 1.62. The van der Waals surface area contributed by atoms with Gasteiger partial charge in [-0.15, -0.1) is 0 Å². The van der Waals surface area contributed by atoms with E-state index in [9.17, 15) is 4.79 Å². The highest BCUT2D eigenvalue weighted by Gasteiger charge is 2.12. The molecule has 2 heteroatoms. The van der Waals surface area contributed by atoms with Crippen LogP contribution in [0.2, 0.25) is 5.02 Å². The van der Waals surface area contributed by atoms with E-state index in [2.05, 4.69) is 13.8 Å². The van der Waals surface area contributed by atoms with E-state index in [0.717, 1.165) is 18.4 Å². The van der Waals surface area contributed by atoms with Crippen LogP contribution >= 0.6 is 11.6 Å². The number of hydrogen-bond acceptors (Lipinski definition) is 1. The van der Waals surface area contributed by atoms with Crippen LogP contribution in [0, 0.1) is 5.92 Å². The smallest absolute Gasteiger partial charge is 0.163 e. The average molecular weight is 225 g/mol. The van der Waals surface area contributed by atoms with Crippen LogP contribution in [-0.4, -0.2) is 5.78 Å². The van der Waals surface area contributed by atoms with Gasteiger partial charge in [-0.1, -0.05) is 50.4 Å². The summed E-state index contributed by atoms with van der Waals surface area (Å²) >= 11 is 5.84. The molecular weight excluding hydrogens is 208 g/mol. The first-order chi connectivity index (χ1) is 7.17. The third-order valence-electron chi connectivity index (χ3n) is 2.78. The molecule has 0 spiro atoms. The van der Waals surface area contributed by atoms with Crippen LogP contribution in [0.4, 0.5) is 0 Å². The number of hydrogen-bond donors (Lipinski definition) is 0. The molecule has 0 aliphatic carbocycles. The Morgan fingerprint density at radius 1 is 1.33 bits per heavy atom. The van der Waals surface area contributed by atoms with Crippen LogP contribution in [0.5, 0.6) is 0 Å². The van der Waals surface area contributed by atoms with Crippen molar-refractivity contribution in [2.45, 2.75) is 33.1 Å². The van der Waals surface area contributed by atoms with Crippen molar-refractivity contribution in [1.82, 2.24) is 0 Å². The Balaban J connectivity index is 2.68. The molecule has 82 valence electrons. The van der Waals surface area contributed by atoms with Crippen molar-refractivity contribution in [3.8, 4) is 0 Å². The molecule has 0 heterocycles. The molecule has 0 unspecified atom stereocenters. The summed E-state index contributed by atoms with van der Waals surface area (Å²) in [4.78, 5) is 11.9. The molecule has 0 bridgehead atoms. The van der Waals surface area contributed by atoms with Crippen molar-refractivity contribution < 1.29 is 4.79 Å². The molecule has 0 aliphatic rings. The van der Waals surface area contributed by atoms with Crippen molar-refractivity contribution in [2.24, 2.45) is 5.92 Å². The Hall–Kier alpha value is -0.820. The molecule has 1 rings (SSSR count). The molecule has 0 atom stereocenters. The van der Waals surface area contributed by atoms with Crippen LogP contribution in [-0.2, 0) is 0 Å². The number of benzene rings is 1. The Morgan fingerprint density at radius 3 is 2.53 bits per heavy atom. The molecule has 0 fully saturated rings. The van der Waals surface area contributed by atoms with Crippen molar-refractivity contribution in [3.05, 3.63) is 34.9 Å². The van der Waals surface area contributed by atoms with Gasteiger partial charge >= 0.3 is 0 Å². The Labute approximate surface area is 96.5 Å². The highest BCUT2D eigenvalue weighted by Crippen LogP contribution is 2.18. The summed E-state index contributed by atoms with van der Waals surface area (Å²) in [5, 5.41) is 0.630. The molecule has 0 aliphatic heterocycles. The van der Waals surface area contributed by atoms with E-state index in [1.807, 2.05) is 12.1 Å². The van der Waals surface area contributed by atoms with Gasteiger partial charge in [0.1, 0.15) is 0 Å². The molecule has 0 radical (unpaired) electrons. The molecule has 0 saturated carbocycles. The summed E-state index contributed by atoms with van der Waals surface area (Å²) in [6, 6.07) is 7.18. The molecule has 1 nitrogen and oxygen atoms in total. The van der Waals surface area contributed by atoms with Crippen LogP contribution in [0.3, 0.4) is 0 Å². The summed E-state index contributed by atoms with van der Waals surface area (Å²) in [6.45, 7) is 4.25. The minimum Gasteiger partial charge on any atom is -0.294 e. The van der Waals surface area contributed by atoms with E-state index in [1.165, 1.54) is 0 Å².